The molecule has 0 saturated carbocycles. The molecule has 0 aliphatic carbocycles. The van der Waals surface area contributed by atoms with E-state index in [1.54, 1.807) is 0 Å². The zero-order valence-corrected chi connectivity index (χ0v) is 11.9. The summed E-state index contributed by atoms with van der Waals surface area (Å²) in [4.78, 5) is 24.9. The molecule has 5 nitrogen and oxygen atoms in total. The maximum absolute atomic E-state index is 11.8. The third-order valence-electron chi connectivity index (χ3n) is 2.79. The monoisotopic (exact) mass is 255 g/mol. The molecular weight excluding hydrogens is 230 g/mol. The van der Waals surface area contributed by atoms with Gasteiger partial charge < -0.3 is 10.6 Å². The molecule has 1 heterocycles. The molecule has 1 saturated heterocycles. The Hall–Kier alpha value is -1.10. The van der Waals surface area contributed by atoms with Gasteiger partial charge in [0.25, 0.3) is 0 Å². The Bertz CT molecular complexity index is 310. The fraction of sp³-hybridized carbons (Fsp3) is 0.846. The van der Waals surface area contributed by atoms with Crippen molar-refractivity contribution in [3.8, 4) is 0 Å². The minimum absolute atomic E-state index is 0.000919. The quantitative estimate of drug-likeness (QED) is 0.772. The Morgan fingerprint density at radius 3 is 2.56 bits per heavy atom. The Morgan fingerprint density at radius 2 is 2.00 bits per heavy atom. The highest BCUT2D eigenvalue weighted by atomic mass is 16.2. The van der Waals surface area contributed by atoms with Crippen LogP contribution in [0.5, 0.6) is 0 Å². The van der Waals surface area contributed by atoms with Crippen LogP contribution in [0.1, 0.15) is 40.5 Å². The number of carbonyl (C=O) groups excluding carboxylic acids is 2. The van der Waals surface area contributed by atoms with E-state index in [1.807, 2.05) is 20.8 Å². The molecule has 1 atom stereocenters. The second kappa shape index (κ2) is 6.18. The minimum Gasteiger partial charge on any atom is -0.352 e. The van der Waals surface area contributed by atoms with E-state index in [0.717, 1.165) is 25.9 Å². The van der Waals surface area contributed by atoms with Crippen LogP contribution in [-0.2, 0) is 9.59 Å². The lowest BCUT2D eigenvalue weighted by atomic mass is 10.1. The van der Waals surface area contributed by atoms with E-state index in [4.69, 9.17) is 0 Å². The number of likely N-dealkylation sites (tertiary alicyclic amines) is 1. The minimum atomic E-state index is -0.191. The fourth-order valence-corrected chi connectivity index (χ4v) is 2.27. The first kappa shape index (κ1) is 15.0. The fourth-order valence-electron chi connectivity index (χ4n) is 2.27. The first-order valence-electron chi connectivity index (χ1n) is 6.57. The molecule has 0 aromatic heterocycles. The molecule has 1 rings (SSSR count). The molecule has 1 fully saturated rings. The highest BCUT2D eigenvalue weighted by molar-refractivity contribution is 5.78. The maximum atomic E-state index is 11.8. The van der Waals surface area contributed by atoms with Crippen LogP contribution in [0, 0.1) is 0 Å². The van der Waals surface area contributed by atoms with Gasteiger partial charge in [-0.15, -0.1) is 0 Å². The number of amides is 2. The number of hydrogen-bond acceptors (Lipinski definition) is 3. The normalized spacial score (nSPS) is 21.4. The van der Waals surface area contributed by atoms with Crippen LogP contribution in [0.3, 0.4) is 0 Å². The Kier molecular flexibility index (Phi) is 5.14. The Balaban J connectivity index is 2.38. The standard InChI is InChI=1S/C13H25N3O2/c1-10(17)14-11-6-5-7-16(8-11)9-12(18)15-13(2,3)4/h11H,5-9H2,1-4H3,(H,14,17)(H,15,18). The summed E-state index contributed by atoms with van der Waals surface area (Å²) in [5.41, 5.74) is -0.191. The third kappa shape index (κ3) is 6.00. The van der Waals surface area contributed by atoms with Crippen molar-refractivity contribution >= 4 is 11.8 Å². The Morgan fingerprint density at radius 1 is 1.33 bits per heavy atom. The summed E-state index contributed by atoms with van der Waals surface area (Å²) in [6.07, 6.45) is 2.02. The van der Waals surface area contributed by atoms with Gasteiger partial charge in [-0.3, -0.25) is 14.5 Å². The average Bonchev–Trinajstić information content (AvgIpc) is 2.13. The summed E-state index contributed by atoms with van der Waals surface area (Å²) in [7, 11) is 0. The van der Waals surface area contributed by atoms with Gasteiger partial charge in [-0.1, -0.05) is 0 Å². The van der Waals surface area contributed by atoms with Crippen molar-refractivity contribution in [2.75, 3.05) is 19.6 Å². The van der Waals surface area contributed by atoms with Crippen molar-refractivity contribution in [2.24, 2.45) is 0 Å². The van der Waals surface area contributed by atoms with E-state index in [1.165, 1.54) is 6.92 Å². The molecule has 0 aromatic carbocycles. The molecule has 0 aromatic rings. The van der Waals surface area contributed by atoms with Crippen molar-refractivity contribution in [1.29, 1.82) is 0 Å². The highest BCUT2D eigenvalue weighted by Crippen LogP contribution is 2.10. The van der Waals surface area contributed by atoms with Crippen molar-refractivity contribution in [3.05, 3.63) is 0 Å². The lowest BCUT2D eigenvalue weighted by Crippen LogP contribution is -2.51. The lowest BCUT2D eigenvalue weighted by Gasteiger charge is -2.33. The average molecular weight is 255 g/mol. The van der Waals surface area contributed by atoms with E-state index < -0.39 is 0 Å². The van der Waals surface area contributed by atoms with E-state index in [-0.39, 0.29) is 23.4 Å². The Labute approximate surface area is 109 Å². The molecule has 18 heavy (non-hydrogen) atoms. The number of nitrogens with zero attached hydrogens (tertiary/aromatic N) is 1. The van der Waals surface area contributed by atoms with Gasteiger partial charge in [-0.05, 0) is 40.2 Å². The summed E-state index contributed by atoms with van der Waals surface area (Å²) >= 11 is 0. The highest BCUT2D eigenvalue weighted by Gasteiger charge is 2.23. The SMILES string of the molecule is CC(=O)NC1CCCN(CC(=O)NC(C)(C)C)C1. The molecule has 5 heteroatoms. The van der Waals surface area contributed by atoms with Crippen molar-refractivity contribution in [1.82, 2.24) is 15.5 Å². The number of piperidine rings is 1. The third-order valence-corrected chi connectivity index (χ3v) is 2.79. The molecule has 1 unspecified atom stereocenters. The van der Waals surface area contributed by atoms with Crippen LogP contribution in [0.25, 0.3) is 0 Å². The van der Waals surface area contributed by atoms with Gasteiger partial charge in [0.05, 0.1) is 6.54 Å². The summed E-state index contributed by atoms with van der Waals surface area (Å²) < 4.78 is 0. The predicted octanol–water partition coefficient (Wildman–Crippen LogP) is 0.502. The van der Waals surface area contributed by atoms with Crippen LogP contribution < -0.4 is 10.6 Å². The first-order valence-corrected chi connectivity index (χ1v) is 6.57. The van der Waals surface area contributed by atoms with E-state index >= 15 is 0 Å². The summed E-state index contributed by atoms with van der Waals surface area (Å²) in [6.45, 7) is 9.55. The first-order chi connectivity index (χ1) is 8.26. The van der Waals surface area contributed by atoms with Gasteiger partial charge in [0.1, 0.15) is 0 Å². The summed E-state index contributed by atoms with van der Waals surface area (Å²) in [5, 5.41) is 5.87. The van der Waals surface area contributed by atoms with Crippen LogP contribution >= 0.6 is 0 Å². The molecule has 2 amide bonds. The van der Waals surface area contributed by atoms with Gasteiger partial charge in [-0.25, -0.2) is 0 Å². The number of rotatable bonds is 3. The lowest BCUT2D eigenvalue weighted by molar-refractivity contribution is -0.124. The molecular formula is C13H25N3O2. The summed E-state index contributed by atoms with van der Waals surface area (Å²) in [6, 6.07) is 0.179. The second-order valence-corrected chi connectivity index (χ2v) is 6.07. The number of carbonyl (C=O) groups is 2. The van der Waals surface area contributed by atoms with Gasteiger partial charge in [0, 0.05) is 25.0 Å². The second-order valence-electron chi connectivity index (χ2n) is 6.07. The summed E-state index contributed by atoms with van der Waals surface area (Å²) in [5.74, 6) is 0.0481. The molecule has 0 spiro atoms. The molecule has 2 N–H and O–H groups in total. The largest absolute Gasteiger partial charge is 0.352 e. The van der Waals surface area contributed by atoms with Gasteiger partial charge in [-0.2, -0.15) is 0 Å². The molecule has 1 aliphatic rings. The molecule has 0 bridgehead atoms. The van der Waals surface area contributed by atoms with E-state index in [2.05, 4.69) is 15.5 Å². The molecule has 104 valence electrons. The van der Waals surface area contributed by atoms with Crippen LogP contribution in [-0.4, -0.2) is 47.9 Å². The van der Waals surface area contributed by atoms with E-state index in [0.29, 0.717) is 6.54 Å². The predicted molar refractivity (Wildman–Crippen MR) is 71.2 cm³/mol. The van der Waals surface area contributed by atoms with Crippen molar-refractivity contribution in [3.63, 3.8) is 0 Å². The zero-order chi connectivity index (χ0) is 13.8. The molecule has 0 radical (unpaired) electrons. The van der Waals surface area contributed by atoms with Gasteiger partial charge >= 0.3 is 0 Å². The van der Waals surface area contributed by atoms with Gasteiger partial charge in [0.15, 0.2) is 0 Å². The maximum Gasteiger partial charge on any atom is 0.234 e. The molecule has 1 aliphatic heterocycles. The van der Waals surface area contributed by atoms with Crippen LogP contribution in [0.2, 0.25) is 0 Å². The number of nitrogens with one attached hydrogen (secondary N) is 2. The topological polar surface area (TPSA) is 61.4 Å². The van der Waals surface area contributed by atoms with Crippen molar-refractivity contribution in [2.45, 2.75) is 52.1 Å². The van der Waals surface area contributed by atoms with E-state index in [9.17, 15) is 9.59 Å². The smallest absolute Gasteiger partial charge is 0.234 e. The zero-order valence-electron chi connectivity index (χ0n) is 11.9. The van der Waals surface area contributed by atoms with Crippen LogP contribution in [0.4, 0.5) is 0 Å². The van der Waals surface area contributed by atoms with Gasteiger partial charge in [0.2, 0.25) is 11.8 Å². The number of hydrogen-bond donors (Lipinski definition) is 2. The van der Waals surface area contributed by atoms with Crippen molar-refractivity contribution < 1.29 is 9.59 Å². The van der Waals surface area contributed by atoms with Crippen LogP contribution in [0.15, 0.2) is 0 Å².